The van der Waals surface area contributed by atoms with E-state index in [1.807, 2.05) is 7.05 Å². The SMILES string of the molecule is COc1cc(N)ccc1S(=O)CC(=O)N1CCN(C)CC1. The smallest absolute Gasteiger partial charge is 0.235 e. The zero-order chi connectivity index (χ0) is 15.4. The van der Waals surface area contributed by atoms with Gasteiger partial charge in [0.05, 0.1) is 22.8 Å². The highest BCUT2D eigenvalue weighted by Crippen LogP contribution is 2.25. The van der Waals surface area contributed by atoms with Crippen LogP contribution in [0.5, 0.6) is 5.75 Å². The monoisotopic (exact) mass is 311 g/mol. The highest BCUT2D eigenvalue weighted by molar-refractivity contribution is 7.85. The Morgan fingerprint density at radius 1 is 1.33 bits per heavy atom. The van der Waals surface area contributed by atoms with Gasteiger partial charge in [0, 0.05) is 37.9 Å². The topological polar surface area (TPSA) is 75.9 Å². The molecule has 1 heterocycles. The summed E-state index contributed by atoms with van der Waals surface area (Å²) in [6.07, 6.45) is 0. The molecule has 1 unspecified atom stereocenters. The Balaban J connectivity index is 2.02. The molecule has 0 saturated carbocycles. The van der Waals surface area contributed by atoms with E-state index in [2.05, 4.69) is 4.90 Å². The van der Waals surface area contributed by atoms with Crippen molar-refractivity contribution in [2.45, 2.75) is 4.90 Å². The molecule has 1 fully saturated rings. The first kappa shape index (κ1) is 15.8. The Kier molecular flexibility index (Phi) is 5.19. The van der Waals surface area contributed by atoms with Gasteiger partial charge in [-0.15, -0.1) is 0 Å². The largest absolute Gasteiger partial charge is 0.495 e. The fraction of sp³-hybridized carbons (Fsp3) is 0.500. The molecule has 1 amide bonds. The molecule has 21 heavy (non-hydrogen) atoms. The second-order valence-corrected chi connectivity index (χ2v) is 6.50. The maximum absolute atomic E-state index is 12.4. The number of piperazine rings is 1. The predicted octanol–water partition coefficient (Wildman–Crippen LogP) is 0.159. The average Bonchev–Trinajstić information content (AvgIpc) is 2.47. The zero-order valence-corrected chi connectivity index (χ0v) is 13.2. The van der Waals surface area contributed by atoms with Crippen LogP contribution in [0.1, 0.15) is 0 Å². The lowest BCUT2D eigenvalue weighted by atomic mass is 10.3. The number of ether oxygens (including phenoxy) is 1. The van der Waals surface area contributed by atoms with Crippen molar-refractivity contribution in [1.82, 2.24) is 9.80 Å². The molecule has 2 rings (SSSR count). The Hall–Kier alpha value is -1.60. The van der Waals surface area contributed by atoms with Gasteiger partial charge in [0.15, 0.2) is 0 Å². The highest BCUT2D eigenvalue weighted by atomic mass is 32.2. The van der Waals surface area contributed by atoms with Crippen LogP contribution in [0.3, 0.4) is 0 Å². The van der Waals surface area contributed by atoms with Gasteiger partial charge in [-0.25, -0.2) is 0 Å². The van der Waals surface area contributed by atoms with Gasteiger partial charge in [-0.2, -0.15) is 0 Å². The molecule has 1 saturated heterocycles. The minimum Gasteiger partial charge on any atom is -0.495 e. The van der Waals surface area contributed by atoms with Crippen molar-refractivity contribution in [3.63, 3.8) is 0 Å². The van der Waals surface area contributed by atoms with Crippen molar-refractivity contribution in [3.05, 3.63) is 18.2 Å². The van der Waals surface area contributed by atoms with Crippen molar-refractivity contribution in [1.29, 1.82) is 0 Å². The number of rotatable bonds is 4. The summed E-state index contributed by atoms with van der Waals surface area (Å²) in [5.41, 5.74) is 6.22. The molecule has 1 aliphatic heterocycles. The third-order valence-electron chi connectivity index (χ3n) is 3.54. The summed E-state index contributed by atoms with van der Waals surface area (Å²) in [6, 6.07) is 4.94. The number of nitrogens with two attached hydrogens (primary N) is 1. The number of benzene rings is 1. The molecule has 1 aromatic rings. The van der Waals surface area contributed by atoms with E-state index in [1.165, 1.54) is 7.11 Å². The van der Waals surface area contributed by atoms with E-state index in [0.717, 1.165) is 13.1 Å². The van der Waals surface area contributed by atoms with Crippen LogP contribution in [0.25, 0.3) is 0 Å². The molecule has 6 nitrogen and oxygen atoms in total. The molecule has 1 atom stereocenters. The van der Waals surface area contributed by atoms with E-state index in [9.17, 15) is 9.00 Å². The molecule has 0 radical (unpaired) electrons. The van der Waals surface area contributed by atoms with Crippen LogP contribution in [-0.2, 0) is 15.6 Å². The molecule has 116 valence electrons. The number of hydrogen-bond donors (Lipinski definition) is 1. The number of anilines is 1. The van der Waals surface area contributed by atoms with Crippen LogP contribution in [-0.4, -0.2) is 66.0 Å². The van der Waals surface area contributed by atoms with Crippen molar-refractivity contribution >= 4 is 22.4 Å². The van der Waals surface area contributed by atoms with Gasteiger partial charge in [0.1, 0.15) is 11.5 Å². The first-order valence-corrected chi connectivity index (χ1v) is 8.11. The minimum absolute atomic E-state index is 0.0238. The number of carbonyl (C=O) groups excluding carboxylic acids is 1. The maximum Gasteiger partial charge on any atom is 0.235 e. The lowest BCUT2D eigenvalue weighted by Gasteiger charge is -2.32. The third-order valence-corrected chi connectivity index (χ3v) is 4.88. The molecule has 0 aliphatic carbocycles. The standard InChI is InChI=1S/C14H21N3O3S/c1-16-5-7-17(8-6-16)14(18)10-21(19)13-4-3-11(15)9-12(13)20-2/h3-4,9H,5-8,10,15H2,1-2H3. The Morgan fingerprint density at radius 3 is 2.62 bits per heavy atom. The lowest BCUT2D eigenvalue weighted by molar-refractivity contribution is -0.129. The van der Waals surface area contributed by atoms with E-state index in [1.54, 1.807) is 23.1 Å². The van der Waals surface area contributed by atoms with E-state index in [0.29, 0.717) is 29.4 Å². The number of nitrogen functional groups attached to an aromatic ring is 1. The number of methoxy groups -OCH3 is 1. The van der Waals surface area contributed by atoms with Gasteiger partial charge in [-0.3, -0.25) is 9.00 Å². The number of nitrogens with zero attached hydrogens (tertiary/aromatic N) is 2. The normalized spacial score (nSPS) is 17.5. The van der Waals surface area contributed by atoms with Crippen LogP contribution in [0, 0.1) is 0 Å². The fourth-order valence-corrected chi connectivity index (χ4v) is 3.36. The molecule has 7 heteroatoms. The Morgan fingerprint density at radius 2 is 2.00 bits per heavy atom. The molecule has 0 aromatic heterocycles. The van der Waals surface area contributed by atoms with Gasteiger partial charge in [-0.05, 0) is 19.2 Å². The van der Waals surface area contributed by atoms with E-state index < -0.39 is 10.8 Å². The summed E-state index contributed by atoms with van der Waals surface area (Å²) < 4.78 is 17.6. The van der Waals surface area contributed by atoms with E-state index in [4.69, 9.17) is 10.5 Å². The highest BCUT2D eigenvalue weighted by Gasteiger charge is 2.22. The summed E-state index contributed by atoms with van der Waals surface area (Å²) in [5, 5.41) is 0. The van der Waals surface area contributed by atoms with Crippen LogP contribution < -0.4 is 10.5 Å². The van der Waals surface area contributed by atoms with Crippen molar-refractivity contribution in [2.75, 3.05) is 51.8 Å². The fourth-order valence-electron chi connectivity index (χ4n) is 2.21. The van der Waals surface area contributed by atoms with Gasteiger partial charge in [0.2, 0.25) is 5.91 Å². The molecule has 0 bridgehead atoms. The van der Waals surface area contributed by atoms with E-state index >= 15 is 0 Å². The van der Waals surface area contributed by atoms with Crippen LogP contribution in [0.2, 0.25) is 0 Å². The van der Waals surface area contributed by atoms with Crippen LogP contribution >= 0.6 is 0 Å². The molecule has 2 N–H and O–H groups in total. The first-order chi connectivity index (χ1) is 10.0. The Labute approximate surface area is 127 Å². The Bertz CT molecular complexity index is 542. The minimum atomic E-state index is -1.43. The molecular weight excluding hydrogens is 290 g/mol. The third kappa shape index (κ3) is 3.95. The van der Waals surface area contributed by atoms with Gasteiger partial charge >= 0.3 is 0 Å². The summed E-state index contributed by atoms with van der Waals surface area (Å²) in [5.74, 6) is 0.351. The van der Waals surface area contributed by atoms with Gasteiger partial charge in [-0.1, -0.05) is 0 Å². The summed E-state index contributed by atoms with van der Waals surface area (Å²) in [4.78, 5) is 16.6. The molecule has 1 aliphatic rings. The average molecular weight is 311 g/mol. The number of amides is 1. The number of likely N-dealkylation sites (N-methyl/N-ethyl adjacent to an activating group) is 1. The second-order valence-electron chi connectivity index (χ2n) is 5.08. The number of hydrogen-bond acceptors (Lipinski definition) is 5. The van der Waals surface area contributed by atoms with Crippen LogP contribution in [0.4, 0.5) is 5.69 Å². The summed E-state index contributed by atoms with van der Waals surface area (Å²) in [6.45, 7) is 3.07. The summed E-state index contributed by atoms with van der Waals surface area (Å²) in [7, 11) is 2.10. The molecular formula is C14H21N3O3S. The van der Waals surface area contributed by atoms with Crippen LogP contribution in [0.15, 0.2) is 23.1 Å². The number of carbonyl (C=O) groups is 1. The zero-order valence-electron chi connectivity index (χ0n) is 12.4. The van der Waals surface area contributed by atoms with Crippen molar-refractivity contribution < 1.29 is 13.7 Å². The maximum atomic E-state index is 12.4. The van der Waals surface area contributed by atoms with Crippen molar-refractivity contribution in [3.8, 4) is 5.75 Å². The quantitative estimate of drug-likeness (QED) is 0.802. The molecule has 1 aromatic carbocycles. The first-order valence-electron chi connectivity index (χ1n) is 6.79. The van der Waals surface area contributed by atoms with Gasteiger partial charge < -0.3 is 20.3 Å². The lowest BCUT2D eigenvalue weighted by Crippen LogP contribution is -2.48. The second kappa shape index (κ2) is 6.91. The molecule has 0 spiro atoms. The van der Waals surface area contributed by atoms with Crippen molar-refractivity contribution in [2.24, 2.45) is 0 Å². The summed E-state index contributed by atoms with van der Waals surface area (Å²) >= 11 is 0. The van der Waals surface area contributed by atoms with E-state index in [-0.39, 0.29) is 11.7 Å². The predicted molar refractivity (Wildman–Crippen MR) is 82.8 cm³/mol. The van der Waals surface area contributed by atoms with Gasteiger partial charge in [0.25, 0.3) is 0 Å².